The molecule has 0 bridgehead atoms. The smallest absolute Gasteiger partial charge is 0.407 e. The molecule has 35 heavy (non-hydrogen) atoms. The molecule has 1 aromatic heterocycles. The summed E-state index contributed by atoms with van der Waals surface area (Å²) in [6.45, 7) is 0.472. The lowest BCUT2D eigenvalue weighted by atomic mass is 9.97. The zero-order valence-electron chi connectivity index (χ0n) is 19.8. The van der Waals surface area contributed by atoms with E-state index in [-0.39, 0.29) is 29.8 Å². The van der Waals surface area contributed by atoms with Gasteiger partial charge in [-0.25, -0.2) is 18.7 Å². The van der Waals surface area contributed by atoms with Crippen LogP contribution in [0.15, 0.2) is 45.6 Å². The van der Waals surface area contributed by atoms with E-state index in [0.717, 1.165) is 4.90 Å². The average molecular weight is 507 g/mol. The van der Waals surface area contributed by atoms with Gasteiger partial charge in [-0.2, -0.15) is 8.42 Å². The van der Waals surface area contributed by atoms with Crippen LogP contribution >= 0.6 is 0 Å². The van der Waals surface area contributed by atoms with Gasteiger partial charge < -0.3 is 19.3 Å². The maximum Gasteiger partial charge on any atom is 0.407 e. The van der Waals surface area contributed by atoms with E-state index in [2.05, 4.69) is 9.44 Å². The van der Waals surface area contributed by atoms with Crippen LogP contribution in [0.1, 0.15) is 22.3 Å². The van der Waals surface area contributed by atoms with Gasteiger partial charge in [0.15, 0.2) is 5.82 Å². The van der Waals surface area contributed by atoms with E-state index >= 15 is 4.39 Å². The quantitative estimate of drug-likeness (QED) is 0.380. The fourth-order valence-electron chi connectivity index (χ4n) is 3.64. The number of nitrogens with one attached hydrogen (secondary N) is 2. The molecule has 0 radical (unpaired) electrons. The molecule has 3 aromatic rings. The van der Waals surface area contributed by atoms with Crippen molar-refractivity contribution in [2.45, 2.75) is 19.5 Å². The van der Waals surface area contributed by atoms with Crippen molar-refractivity contribution in [3.8, 4) is 0 Å². The Bertz CT molecular complexity index is 1420. The molecule has 0 aliphatic carbocycles. The predicted octanol–water partition coefficient (Wildman–Crippen LogP) is 2.57. The van der Waals surface area contributed by atoms with Crippen molar-refractivity contribution >= 4 is 33.0 Å². The molecule has 0 fully saturated rings. The molecule has 0 saturated heterocycles. The van der Waals surface area contributed by atoms with Gasteiger partial charge in [-0.3, -0.25) is 4.72 Å². The number of benzene rings is 2. The van der Waals surface area contributed by atoms with E-state index in [9.17, 15) is 18.0 Å². The van der Waals surface area contributed by atoms with Crippen molar-refractivity contribution in [3.63, 3.8) is 0 Å². The van der Waals surface area contributed by atoms with Crippen molar-refractivity contribution in [2.75, 3.05) is 32.9 Å². The first-order valence-corrected chi connectivity index (χ1v) is 12.0. The fourth-order valence-corrected chi connectivity index (χ4v) is 4.19. The largest absolute Gasteiger partial charge is 0.465 e. The summed E-state index contributed by atoms with van der Waals surface area (Å²) in [5.74, 6) is -0.798. The molecule has 12 heteroatoms. The summed E-state index contributed by atoms with van der Waals surface area (Å²) < 4.78 is 48.5. The third-order valence-electron chi connectivity index (χ3n) is 5.36. The lowest BCUT2D eigenvalue weighted by Gasteiger charge is -2.18. The van der Waals surface area contributed by atoms with Gasteiger partial charge in [-0.15, -0.1) is 0 Å². The molecule has 3 N–H and O–H groups in total. The Hall–Kier alpha value is -3.48. The molecular formula is C23H27FN4O6S. The Morgan fingerprint density at radius 2 is 1.83 bits per heavy atom. The van der Waals surface area contributed by atoms with Gasteiger partial charge in [0.25, 0.3) is 10.2 Å². The third-order valence-corrected chi connectivity index (χ3v) is 6.39. The Balaban J connectivity index is 2.09. The zero-order valence-corrected chi connectivity index (χ0v) is 20.6. The van der Waals surface area contributed by atoms with Gasteiger partial charge in [0.2, 0.25) is 0 Å². The highest BCUT2D eigenvalue weighted by atomic mass is 32.2. The maximum absolute atomic E-state index is 15.2. The normalized spacial score (nSPS) is 11.7. The second-order valence-electron chi connectivity index (χ2n) is 8.32. The van der Waals surface area contributed by atoms with Gasteiger partial charge in [-0.1, -0.05) is 24.3 Å². The molecule has 0 aliphatic heterocycles. The van der Waals surface area contributed by atoms with Crippen molar-refractivity contribution in [1.82, 2.24) is 14.5 Å². The third kappa shape index (κ3) is 6.15. The Morgan fingerprint density at radius 1 is 1.11 bits per heavy atom. The van der Waals surface area contributed by atoms with Gasteiger partial charge in [0, 0.05) is 44.6 Å². The molecule has 0 unspecified atom stereocenters. The molecule has 0 aliphatic rings. The highest BCUT2D eigenvalue weighted by Gasteiger charge is 2.20. The Labute approximate surface area is 202 Å². The number of amides is 1. The molecule has 0 saturated carbocycles. The minimum Gasteiger partial charge on any atom is -0.465 e. The number of hydrogen-bond donors (Lipinski definition) is 3. The molecule has 2 aromatic carbocycles. The lowest BCUT2D eigenvalue weighted by molar-refractivity contribution is 0.153. The number of rotatable bonds is 9. The van der Waals surface area contributed by atoms with Crippen LogP contribution in [-0.2, 0) is 29.7 Å². The predicted molar refractivity (Wildman–Crippen MR) is 130 cm³/mol. The first-order chi connectivity index (χ1) is 16.4. The number of nitrogens with zero attached hydrogens (tertiary/aromatic N) is 2. The molecule has 188 valence electrons. The minimum absolute atomic E-state index is 0.111. The highest BCUT2D eigenvalue weighted by molar-refractivity contribution is 7.90. The van der Waals surface area contributed by atoms with Crippen LogP contribution in [0.5, 0.6) is 0 Å². The molecule has 10 nitrogen and oxygen atoms in total. The number of hydrogen-bond acceptors (Lipinski definition) is 6. The van der Waals surface area contributed by atoms with E-state index in [1.54, 1.807) is 18.2 Å². The summed E-state index contributed by atoms with van der Waals surface area (Å²) in [6.07, 6.45) is -1.21. The number of carboxylic acid groups (broad SMARTS) is 1. The first-order valence-electron chi connectivity index (χ1n) is 10.6. The fraction of sp³-hybridized carbons (Fsp3) is 0.304. The van der Waals surface area contributed by atoms with E-state index in [0.29, 0.717) is 28.6 Å². The highest BCUT2D eigenvalue weighted by Crippen LogP contribution is 2.27. The van der Waals surface area contributed by atoms with Crippen LogP contribution in [0.4, 0.5) is 14.9 Å². The summed E-state index contributed by atoms with van der Waals surface area (Å²) >= 11 is 0. The number of halogens is 1. The first kappa shape index (κ1) is 26.1. The molecule has 0 atom stereocenters. The minimum atomic E-state index is -3.93. The van der Waals surface area contributed by atoms with Crippen molar-refractivity contribution in [2.24, 2.45) is 0 Å². The topological polar surface area (TPSA) is 132 Å². The molecule has 1 heterocycles. The van der Waals surface area contributed by atoms with Crippen LogP contribution < -0.4 is 15.1 Å². The van der Waals surface area contributed by atoms with Gasteiger partial charge >= 0.3 is 11.7 Å². The van der Waals surface area contributed by atoms with Crippen molar-refractivity contribution < 1.29 is 27.1 Å². The second-order valence-corrected chi connectivity index (χ2v) is 9.94. The van der Waals surface area contributed by atoms with E-state index in [1.807, 2.05) is 19.0 Å². The standard InChI is InChI=1S/C23H27FN4O6S/c1-25-35(32,33)26-19-7-5-6-15(21(19)24)11-17-18(13-27(2)3)16-9-8-14(12-28(4)23(30)31)10-20(16)34-22(17)29/h5-10,25-26H,11-13H2,1-4H3,(H,30,31). The number of fused-ring (bicyclic) bond motifs is 1. The SMILES string of the molecule is CNS(=O)(=O)Nc1cccc(Cc2c(CN(C)C)c3ccc(CN(C)C(=O)O)cc3oc2=O)c1F. The number of anilines is 1. The summed E-state index contributed by atoms with van der Waals surface area (Å²) in [4.78, 5) is 27.1. The molecule has 3 rings (SSSR count). The van der Waals surface area contributed by atoms with Gasteiger partial charge in [-0.05, 0) is 42.9 Å². The van der Waals surface area contributed by atoms with Crippen LogP contribution in [0.25, 0.3) is 11.0 Å². The monoisotopic (exact) mass is 506 g/mol. The number of carbonyl (C=O) groups is 1. The summed E-state index contributed by atoms with van der Waals surface area (Å²) in [6, 6.07) is 9.36. The van der Waals surface area contributed by atoms with Crippen LogP contribution in [0.3, 0.4) is 0 Å². The second kappa shape index (κ2) is 10.4. The van der Waals surface area contributed by atoms with Crippen molar-refractivity contribution in [3.05, 3.63) is 74.9 Å². The zero-order chi connectivity index (χ0) is 25.9. The van der Waals surface area contributed by atoms with E-state index in [1.165, 1.54) is 32.3 Å². The Morgan fingerprint density at radius 3 is 2.46 bits per heavy atom. The average Bonchev–Trinajstić information content (AvgIpc) is 2.77. The molecule has 1 amide bonds. The summed E-state index contributed by atoms with van der Waals surface area (Å²) in [5.41, 5.74) is 1.04. The van der Waals surface area contributed by atoms with Crippen LogP contribution in [-0.4, -0.2) is 57.6 Å². The lowest BCUT2D eigenvalue weighted by Crippen LogP contribution is -2.27. The van der Waals surface area contributed by atoms with Crippen molar-refractivity contribution in [1.29, 1.82) is 0 Å². The van der Waals surface area contributed by atoms with E-state index in [4.69, 9.17) is 9.52 Å². The maximum atomic E-state index is 15.2. The molecule has 0 spiro atoms. The van der Waals surface area contributed by atoms with Crippen LogP contribution in [0, 0.1) is 5.82 Å². The molecular weight excluding hydrogens is 479 g/mol. The van der Waals surface area contributed by atoms with E-state index < -0.39 is 27.7 Å². The van der Waals surface area contributed by atoms with Crippen LogP contribution in [0.2, 0.25) is 0 Å². The summed E-state index contributed by atoms with van der Waals surface area (Å²) in [5, 5.41) is 9.76. The Kier molecular flexibility index (Phi) is 7.78. The summed E-state index contributed by atoms with van der Waals surface area (Å²) in [7, 11) is 2.35. The van der Waals surface area contributed by atoms with Gasteiger partial charge in [0.05, 0.1) is 5.69 Å². The van der Waals surface area contributed by atoms with Gasteiger partial charge in [0.1, 0.15) is 5.58 Å².